The Morgan fingerprint density at radius 1 is 1.26 bits per heavy atom. The second kappa shape index (κ2) is 5.37. The lowest BCUT2D eigenvalue weighted by atomic mass is 9.85. The molecule has 120 valence electrons. The fourth-order valence-corrected chi connectivity index (χ4v) is 3.57. The van der Waals surface area contributed by atoms with Gasteiger partial charge in [-0.25, -0.2) is 9.18 Å². The van der Waals surface area contributed by atoms with Crippen LogP contribution in [0.4, 0.5) is 9.18 Å². The van der Waals surface area contributed by atoms with Crippen LogP contribution in [0.3, 0.4) is 0 Å². The third-order valence-corrected chi connectivity index (χ3v) is 4.65. The van der Waals surface area contributed by atoms with Gasteiger partial charge in [0, 0.05) is 0 Å². The second-order valence-corrected chi connectivity index (χ2v) is 6.92. The molecule has 1 unspecified atom stereocenters. The molecule has 1 aliphatic carbocycles. The number of hydrogen-bond donors (Lipinski definition) is 2. The molecule has 1 atom stereocenters. The van der Waals surface area contributed by atoms with E-state index in [1.54, 1.807) is 6.07 Å². The van der Waals surface area contributed by atoms with E-state index in [1.165, 1.54) is 12.1 Å². The number of hydrogen-bond acceptors (Lipinski definition) is 1. The zero-order chi connectivity index (χ0) is 16.8. The third-order valence-electron chi connectivity index (χ3n) is 4.65. The van der Waals surface area contributed by atoms with E-state index in [1.807, 2.05) is 19.1 Å². The monoisotopic (exact) mass is 313 g/mol. The van der Waals surface area contributed by atoms with Gasteiger partial charge in [0.25, 0.3) is 0 Å². The van der Waals surface area contributed by atoms with Crippen LogP contribution in [-0.4, -0.2) is 11.2 Å². The summed E-state index contributed by atoms with van der Waals surface area (Å²) in [6, 6.07) is 10.6. The van der Waals surface area contributed by atoms with Gasteiger partial charge in [0.15, 0.2) is 0 Å². The summed E-state index contributed by atoms with van der Waals surface area (Å²) < 4.78 is 13.3. The predicted molar refractivity (Wildman–Crippen MR) is 88.0 cm³/mol. The Kier molecular flexibility index (Phi) is 3.63. The summed E-state index contributed by atoms with van der Waals surface area (Å²) in [6.07, 6.45) is -0.198. The number of amides is 1. The molecule has 0 saturated carbocycles. The van der Waals surface area contributed by atoms with Crippen LogP contribution in [0.2, 0.25) is 0 Å². The van der Waals surface area contributed by atoms with Crippen LogP contribution in [0.1, 0.15) is 36.6 Å². The molecule has 1 amide bonds. The van der Waals surface area contributed by atoms with Crippen molar-refractivity contribution in [1.82, 2.24) is 5.32 Å². The maximum atomic E-state index is 13.3. The van der Waals surface area contributed by atoms with Crippen LogP contribution in [0.5, 0.6) is 0 Å². The summed E-state index contributed by atoms with van der Waals surface area (Å²) in [6.45, 7) is 6.03. The zero-order valence-corrected chi connectivity index (χ0v) is 13.5. The highest BCUT2D eigenvalue weighted by Crippen LogP contribution is 2.46. The zero-order valence-electron chi connectivity index (χ0n) is 13.5. The van der Waals surface area contributed by atoms with Gasteiger partial charge in [-0.3, -0.25) is 0 Å². The Hall–Kier alpha value is -2.36. The SMILES string of the molecule is Cc1cc(F)ccc1-c1ccc2c(c1)CC(C)(C)C2NC(=O)O. The number of nitrogens with one attached hydrogen (secondary N) is 1. The van der Waals surface area contributed by atoms with Crippen LogP contribution >= 0.6 is 0 Å². The standard InChI is InChI=1S/C19H20FNO2/c1-11-8-14(20)5-7-15(11)12-4-6-16-13(9-12)10-19(2,3)17(16)21-18(22)23/h4-9,17,21H,10H2,1-3H3,(H,22,23). The lowest BCUT2D eigenvalue weighted by Gasteiger charge is -2.27. The maximum Gasteiger partial charge on any atom is 0.405 e. The van der Waals surface area contributed by atoms with Crippen LogP contribution in [0.25, 0.3) is 11.1 Å². The molecule has 0 aliphatic heterocycles. The summed E-state index contributed by atoms with van der Waals surface area (Å²) in [5.74, 6) is -0.237. The summed E-state index contributed by atoms with van der Waals surface area (Å²) in [4.78, 5) is 11.1. The molecule has 2 aromatic carbocycles. The van der Waals surface area contributed by atoms with E-state index in [4.69, 9.17) is 5.11 Å². The molecule has 0 radical (unpaired) electrons. The molecule has 1 aliphatic rings. The number of aryl methyl sites for hydroxylation is 1. The minimum absolute atomic E-state index is 0.169. The molecule has 2 N–H and O–H groups in total. The number of halogens is 1. The normalized spacial score (nSPS) is 18.5. The van der Waals surface area contributed by atoms with E-state index in [-0.39, 0.29) is 17.3 Å². The Morgan fingerprint density at radius 3 is 2.65 bits per heavy atom. The summed E-state index contributed by atoms with van der Waals surface area (Å²) in [5, 5.41) is 11.7. The first kappa shape index (κ1) is 15.5. The number of rotatable bonds is 2. The molecular formula is C19H20FNO2. The topological polar surface area (TPSA) is 49.3 Å². The van der Waals surface area contributed by atoms with Gasteiger partial charge >= 0.3 is 6.09 Å². The molecule has 3 rings (SSSR count). The molecule has 3 nitrogen and oxygen atoms in total. The third kappa shape index (κ3) is 2.81. The summed E-state index contributed by atoms with van der Waals surface area (Å²) in [5.41, 5.74) is 4.94. The number of benzene rings is 2. The van der Waals surface area contributed by atoms with E-state index in [0.29, 0.717) is 0 Å². The van der Waals surface area contributed by atoms with Gasteiger partial charge in [0.05, 0.1) is 6.04 Å². The molecule has 0 heterocycles. The van der Waals surface area contributed by atoms with Crippen molar-refractivity contribution in [3.8, 4) is 11.1 Å². The number of fused-ring (bicyclic) bond motifs is 1. The van der Waals surface area contributed by atoms with E-state index >= 15 is 0 Å². The van der Waals surface area contributed by atoms with Crippen molar-refractivity contribution in [2.24, 2.45) is 5.41 Å². The maximum absolute atomic E-state index is 13.3. The lowest BCUT2D eigenvalue weighted by Crippen LogP contribution is -2.34. The van der Waals surface area contributed by atoms with Crippen molar-refractivity contribution in [2.45, 2.75) is 33.2 Å². The molecule has 0 fully saturated rings. The van der Waals surface area contributed by atoms with E-state index < -0.39 is 6.09 Å². The quantitative estimate of drug-likeness (QED) is 0.845. The minimum atomic E-state index is -1.01. The highest BCUT2D eigenvalue weighted by Gasteiger charge is 2.39. The van der Waals surface area contributed by atoms with Crippen molar-refractivity contribution in [3.05, 3.63) is 58.9 Å². The first-order chi connectivity index (χ1) is 10.8. The van der Waals surface area contributed by atoms with Gasteiger partial charge in [0.2, 0.25) is 0 Å². The van der Waals surface area contributed by atoms with Crippen LogP contribution < -0.4 is 5.32 Å². The van der Waals surface area contributed by atoms with Crippen molar-refractivity contribution in [1.29, 1.82) is 0 Å². The fraction of sp³-hybridized carbons (Fsp3) is 0.316. The Labute approximate surface area is 135 Å². The highest BCUT2D eigenvalue weighted by molar-refractivity contribution is 5.70. The van der Waals surface area contributed by atoms with Gasteiger partial charge in [-0.2, -0.15) is 0 Å². The molecule has 0 aromatic heterocycles. The molecule has 0 saturated heterocycles. The smallest absolute Gasteiger partial charge is 0.405 e. The van der Waals surface area contributed by atoms with Crippen molar-refractivity contribution < 1.29 is 14.3 Å². The van der Waals surface area contributed by atoms with Crippen molar-refractivity contribution in [2.75, 3.05) is 0 Å². The van der Waals surface area contributed by atoms with Crippen LogP contribution in [0.15, 0.2) is 36.4 Å². The van der Waals surface area contributed by atoms with Gasteiger partial charge < -0.3 is 10.4 Å². The number of carbonyl (C=O) groups is 1. The molecule has 2 aromatic rings. The summed E-state index contributed by atoms with van der Waals surface area (Å²) in [7, 11) is 0. The average Bonchev–Trinajstić information content (AvgIpc) is 2.68. The molecular weight excluding hydrogens is 293 g/mol. The largest absolute Gasteiger partial charge is 0.465 e. The minimum Gasteiger partial charge on any atom is -0.465 e. The second-order valence-electron chi connectivity index (χ2n) is 6.92. The van der Waals surface area contributed by atoms with Crippen LogP contribution in [0, 0.1) is 18.2 Å². The molecule has 0 spiro atoms. The Balaban J connectivity index is 2.03. The van der Waals surface area contributed by atoms with Gasteiger partial charge in [0.1, 0.15) is 5.82 Å². The van der Waals surface area contributed by atoms with Gasteiger partial charge in [-0.15, -0.1) is 0 Å². The first-order valence-electron chi connectivity index (χ1n) is 7.67. The Morgan fingerprint density at radius 2 is 2.00 bits per heavy atom. The average molecular weight is 313 g/mol. The Bertz CT molecular complexity index is 783. The van der Waals surface area contributed by atoms with E-state index in [2.05, 4.69) is 25.2 Å². The van der Waals surface area contributed by atoms with Gasteiger partial charge in [-0.05, 0) is 58.7 Å². The van der Waals surface area contributed by atoms with E-state index in [0.717, 1.165) is 34.2 Å². The van der Waals surface area contributed by atoms with Gasteiger partial charge in [-0.1, -0.05) is 38.1 Å². The summed E-state index contributed by atoms with van der Waals surface area (Å²) >= 11 is 0. The first-order valence-corrected chi connectivity index (χ1v) is 7.67. The molecule has 4 heteroatoms. The van der Waals surface area contributed by atoms with Crippen LogP contribution in [-0.2, 0) is 6.42 Å². The van der Waals surface area contributed by atoms with E-state index in [9.17, 15) is 9.18 Å². The van der Waals surface area contributed by atoms with Crippen molar-refractivity contribution in [3.63, 3.8) is 0 Å². The highest BCUT2D eigenvalue weighted by atomic mass is 19.1. The predicted octanol–water partition coefficient (Wildman–Crippen LogP) is 4.69. The lowest BCUT2D eigenvalue weighted by molar-refractivity contribution is 0.175. The van der Waals surface area contributed by atoms with Crippen molar-refractivity contribution >= 4 is 6.09 Å². The fourth-order valence-electron chi connectivity index (χ4n) is 3.57. The number of carboxylic acid groups (broad SMARTS) is 1. The molecule has 23 heavy (non-hydrogen) atoms. The molecule has 0 bridgehead atoms.